The minimum Gasteiger partial charge on any atom is -0.340 e. The lowest BCUT2D eigenvalue weighted by Gasteiger charge is -2.10. The van der Waals surface area contributed by atoms with Crippen LogP contribution in [0.15, 0.2) is 97.1 Å². The number of benzene rings is 5. The smallest absolute Gasteiger partial charge is 0.0541 e. The minimum atomic E-state index is 1.08. The number of aromatic nitrogens is 2. The van der Waals surface area contributed by atoms with Crippen molar-refractivity contribution in [1.82, 2.24) is 9.13 Å². The molecule has 2 aromatic heterocycles. The topological polar surface area (TPSA) is 9.86 Å². The summed E-state index contributed by atoms with van der Waals surface area (Å²) in [6.45, 7) is 9.93. The molecule has 0 amide bonds. The number of hydrogen-bond acceptors (Lipinski definition) is 0. The molecule has 5 aromatic carbocycles. The van der Waals surface area contributed by atoms with E-state index < -0.39 is 0 Å². The van der Waals surface area contributed by atoms with Gasteiger partial charge in [0.1, 0.15) is 0 Å². The van der Waals surface area contributed by atoms with E-state index in [-0.39, 0.29) is 0 Å². The summed E-state index contributed by atoms with van der Waals surface area (Å²) in [6, 6.07) is 36.9. The van der Waals surface area contributed by atoms with Gasteiger partial charge in [-0.1, -0.05) is 105 Å². The Balaban J connectivity index is 1.26. The van der Waals surface area contributed by atoms with E-state index in [1.54, 1.807) is 0 Å². The molecule has 0 radical (unpaired) electrons. The zero-order valence-corrected chi connectivity index (χ0v) is 27.5. The fourth-order valence-corrected chi connectivity index (χ4v) is 7.33. The highest BCUT2D eigenvalue weighted by atomic mass is 15.0. The summed E-state index contributed by atoms with van der Waals surface area (Å²) in [5.41, 5.74) is 12.9. The van der Waals surface area contributed by atoms with Gasteiger partial charge in [-0.05, 0) is 99.0 Å². The van der Waals surface area contributed by atoms with Crippen molar-refractivity contribution < 1.29 is 0 Å². The van der Waals surface area contributed by atoms with Crippen LogP contribution in [0.2, 0.25) is 0 Å². The van der Waals surface area contributed by atoms with Gasteiger partial charge >= 0.3 is 0 Å². The summed E-state index contributed by atoms with van der Waals surface area (Å²) in [5, 5.41) is 5.36. The SMILES string of the molecule is CCCCCCCCCCn1c2ccc(C)cc2c2cc(-c3ccc4c(c3)c3cc(C)ccc3n4-c3ccc(C)cc3)ccc21. The summed E-state index contributed by atoms with van der Waals surface area (Å²) in [5.74, 6) is 0. The van der Waals surface area contributed by atoms with E-state index in [1.165, 1.54) is 128 Å². The molecular weight excluding hydrogens is 544 g/mol. The summed E-state index contributed by atoms with van der Waals surface area (Å²) >= 11 is 0. The second-order valence-electron chi connectivity index (χ2n) is 13.3. The van der Waals surface area contributed by atoms with Gasteiger partial charge in [0.2, 0.25) is 0 Å². The predicted molar refractivity (Wildman–Crippen MR) is 196 cm³/mol. The Morgan fingerprint density at radius 1 is 0.422 bits per heavy atom. The number of unbranched alkanes of at least 4 members (excludes halogenated alkanes) is 7. The van der Waals surface area contributed by atoms with Gasteiger partial charge in [-0.2, -0.15) is 0 Å². The first-order valence-corrected chi connectivity index (χ1v) is 17.2. The molecule has 45 heavy (non-hydrogen) atoms. The van der Waals surface area contributed by atoms with Crippen LogP contribution in [-0.2, 0) is 6.54 Å². The van der Waals surface area contributed by atoms with Gasteiger partial charge in [0, 0.05) is 44.8 Å². The molecule has 2 heteroatoms. The lowest BCUT2D eigenvalue weighted by molar-refractivity contribution is 0.553. The average molecular weight is 591 g/mol. The molecule has 0 N–H and O–H groups in total. The zero-order chi connectivity index (χ0) is 30.9. The second kappa shape index (κ2) is 12.6. The highest BCUT2D eigenvalue weighted by molar-refractivity contribution is 6.12. The van der Waals surface area contributed by atoms with E-state index in [0.717, 1.165) is 6.54 Å². The Bertz CT molecular complexity index is 2120. The molecule has 0 saturated carbocycles. The summed E-state index contributed by atoms with van der Waals surface area (Å²) in [6.07, 6.45) is 10.8. The Labute approximate surface area is 268 Å². The molecule has 0 aliphatic rings. The average Bonchev–Trinajstić information content (AvgIpc) is 3.53. The molecule has 228 valence electrons. The Morgan fingerprint density at radius 3 is 1.49 bits per heavy atom. The first kappa shape index (κ1) is 29.4. The molecular formula is C43H46N2. The largest absolute Gasteiger partial charge is 0.340 e. The highest BCUT2D eigenvalue weighted by Crippen LogP contribution is 2.38. The van der Waals surface area contributed by atoms with Crippen LogP contribution in [0.1, 0.15) is 75.0 Å². The molecule has 0 atom stereocenters. The summed E-state index contributed by atoms with van der Waals surface area (Å²) < 4.78 is 4.99. The van der Waals surface area contributed by atoms with E-state index in [2.05, 4.69) is 134 Å². The number of nitrogens with zero attached hydrogens (tertiary/aromatic N) is 2. The van der Waals surface area contributed by atoms with Gasteiger partial charge in [0.15, 0.2) is 0 Å². The van der Waals surface area contributed by atoms with E-state index >= 15 is 0 Å². The molecule has 0 spiro atoms. The molecule has 7 rings (SSSR count). The summed E-state index contributed by atoms with van der Waals surface area (Å²) in [7, 11) is 0. The van der Waals surface area contributed by atoms with Gasteiger partial charge in [-0.25, -0.2) is 0 Å². The van der Waals surface area contributed by atoms with Crippen LogP contribution in [0.25, 0.3) is 60.4 Å². The van der Waals surface area contributed by atoms with Crippen LogP contribution in [0, 0.1) is 20.8 Å². The second-order valence-corrected chi connectivity index (χ2v) is 13.3. The number of hydrogen-bond donors (Lipinski definition) is 0. The molecule has 0 aliphatic heterocycles. The maximum atomic E-state index is 2.58. The number of rotatable bonds is 11. The van der Waals surface area contributed by atoms with E-state index in [0.29, 0.717) is 0 Å². The van der Waals surface area contributed by atoms with Gasteiger partial charge < -0.3 is 9.13 Å². The molecule has 0 bridgehead atoms. The third-order valence-corrected chi connectivity index (χ3v) is 9.80. The lowest BCUT2D eigenvalue weighted by atomic mass is 10.00. The minimum absolute atomic E-state index is 1.08. The predicted octanol–water partition coefficient (Wildman–Crippen LogP) is 12.6. The van der Waals surface area contributed by atoms with E-state index in [1.807, 2.05) is 0 Å². The molecule has 2 nitrogen and oxygen atoms in total. The van der Waals surface area contributed by atoms with Crippen molar-refractivity contribution in [3.05, 3.63) is 114 Å². The van der Waals surface area contributed by atoms with E-state index in [4.69, 9.17) is 0 Å². The van der Waals surface area contributed by atoms with Crippen LogP contribution in [-0.4, -0.2) is 9.13 Å². The molecule has 0 saturated heterocycles. The van der Waals surface area contributed by atoms with Gasteiger partial charge in [0.25, 0.3) is 0 Å². The lowest BCUT2D eigenvalue weighted by Crippen LogP contribution is -1.98. The molecule has 0 fully saturated rings. The highest BCUT2D eigenvalue weighted by Gasteiger charge is 2.16. The normalized spacial score (nSPS) is 11.9. The van der Waals surface area contributed by atoms with Crippen LogP contribution in [0.4, 0.5) is 0 Å². The maximum Gasteiger partial charge on any atom is 0.0541 e. The number of aryl methyl sites for hydroxylation is 4. The fraction of sp³-hybridized carbons (Fsp3) is 0.302. The molecule has 0 unspecified atom stereocenters. The van der Waals surface area contributed by atoms with Crippen molar-refractivity contribution in [3.63, 3.8) is 0 Å². The van der Waals surface area contributed by atoms with Crippen molar-refractivity contribution in [1.29, 1.82) is 0 Å². The first-order valence-electron chi connectivity index (χ1n) is 17.2. The van der Waals surface area contributed by atoms with E-state index in [9.17, 15) is 0 Å². The van der Waals surface area contributed by atoms with Crippen LogP contribution >= 0.6 is 0 Å². The molecule has 0 aliphatic carbocycles. The first-order chi connectivity index (χ1) is 22.0. The quantitative estimate of drug-likeness (QED) is 0.133. The standard InChI is InChI=1S/C43H46N2/c1-5-6-7-8-9-10-11-12-25-44-40-21-15-31(3)26-36(40)38-28-33(17-23-41(38)44)34-18-24-43-39(29-34)37-27-32(4)16-22-42(37)45(43)35-19-13-30(2)14-20-35/h13-24,26-29H,5-12,25H2,1-4H3. The Morgan fingerprint density at radius 2 is 0.867 bits per heavy atom. The van der Waals surface area contributed by atoms with Crippen molar-refractivity contribution in [2.75, 3.05) is 0 Å². The van der Waals surface area contributed by atoms with Crippen molar-refractivity contribution in [2.45, 2.75) is 85.6 Å². The fourth-order valence-electron chi connectivity index (χ4n) is 7.33. The molecule has 2 heterocycles. The summed E-state index contributed by atoms with van der Waals surface area (Å²) in [4.78, 5) is 0. The third-order valence-electron chi connectivity index (χ3n) is 9.80. The number of fused-ring (bicyclic) bond motifs is 6. The Hall–Kier alpha value is -4.30. The van der Waals surface area contributed by atoms with Gasteiger partial charge in [-0.3, -0.25) is 0 Å². The van der Waals surface area contributed by atoms with Crippen molar-refractivity contribution in [3.8, 4) is 16.8 Å². The molecule has 7 aromatic rings. The monoisotopic (exact) mass is 590 g/mol. The maximum absolute atomic E-state index is 2.58. The van der Waals surface area contributed by atoms with Gasteiger partial charge in [0.05, 0.1) is 11.0 Å². The van der Waals surface area contributed by atoms with Crippen LogP contribution in [0.5, 0.6) is 0 Å². The zero-order valence-electron chi connectivity index (χ0n) is 27.5. The van der Waals surface area contributed by atoms with Crippen molar-refractivity contribution >= 4 is 43.6 Å². The van der Waals surface area contributed by atoms with Crippen molar-refractivity contribution in [2.24, 2.45) is 0 Å². The third kappa shape index (κ3) is 5.68. The van der Waals surface area contributed by atoms with Gasteiger partial charge in [-0.15, -0.1) is 0 Å². The Kier molecular flexibility index (Phi) is 8.23. The van der Waals surface area contributed by atoms with Crippen LogP contribution in [0.3, 0.4) is 0 Å². The van der Waals surface area contributed by atoms with Crippen LogP contribution < -0.4 is 0 Å².